The van der Waals surface area contributed by atoms with Crippen LogP contribution in [-0.2, 0) is 10.0 Å². The topological polar surface area (TPSA) is 72.2 Å². The Morgan fingerprint density at radius 3 is 2.62 bits per heavy atom. The molecule has 0 radical (unpaired) electrons. The molecule has 1 aromatic heterocycles. The maximum Gasteiger partial charge on any atom is 0.271 e. The summed E-state index contributed by atoms with van der Waals surface area (Å²) in [5.41, 5.74) is 5.68. The smallest absolute Gasteiger partial charge is 0.271 e. The standard InChI is InChI=1S/C11H7BrClFN2O2S3/c12-10-7(13)4-9(20-10)21(17,18)16-8-2-1-5(14)3-6(8)11(15)19/h1-4,16H,(H2,15,19). The van der Waals surface area contributed by atoms with Gasteiger partial charge < -0.3 is 5.73 Å². The van der Waals surface area contributed by atoms with Crippen molar-refractivity contribution in [2.24, 2.45) is 5.73 Å². The van der Waals surface area contributed by atoms with Crippen LogP contribution in [0.1, 0.15) is 5.56 Å². The van der Waals surface area contributed by atoms with Gasteiger partial charge in [0.2, 0.25) is 0 Å². The molecule has 0 aliphatic carbocycles. The molecule has 2 aromatic rings. The summed E-state index contributed by atoms with van der Waals surface area (Å²) in [7, 11) is -3.87. The fourth-order valence-corrected chi connectivity index (χ4v) is 5.11. The van der Waals surface area contributed by atoms with Gasteiger partial charge in [-0.3, -0.25) is 4.72 Å². The van der Waals surface area contributed by atoms with Crippen molar-refractivity contribution < 1.29 is 12.8 Å². The van der Waals surface area contributed by atoms with Crippen LogP contribution in [0.15, 0.2) is 32.3 Å². The lowest BCUT2D eigenvalue weighted by molar-refractivity contribution is 0.603. The van der Waals surface area contributed by atoms with E-state index in [1.807, 2.05) is 0 Å². The second kappa shape index (κ2) is 6.17. The predicted octanol–water partition coefficient (Wildman–Crippen LogP) is 3.74. The van der Waals surface area contributed by atoms with Gasteiger partial charge in [0.25, 0.3) is 10.0 Å². The van der Waals surface area contributed by atoms with Crippen LogP contribution in [0.4, 0.5) is 10.1 Å². The van der Waals surface area contributed by atoms with Crippen LogP contribution in [0.3, 0.4) is 0 Å². The van der Waals surface area contributed by atoms with Crippen molar-refractivity contribution in [2.45, 2.75) is 4.21 Å². The van der Waals surface area contributed by atoms with E-state index in [9.17, 15) is 12.8 Å². The summed E-state index contributed by atoms with van der Waals surface area (Å²) in [4.78, 5) is -0.113. The van der Waals surface area contributed by atoms with Gasteiger partial charge in [-0.15, -0.1) is 11.3 Å². The minimum absolute atomic E-state index is 0.0117. The van der Waals surface area contributed by atoms with Gasteiger partial charge in [-0.25, -0.2) is 12.8 Å². The molecule has 0 unspecified atom stereocenters. The third-order valence-electron chi connectivity index (χ3n) is 2.38. The van der Waals surface area contributed by atoms with Gasteiger partial charge in [0.05, 0.1) is 14.5 Å². The number of thiocarbonyl (C=S) groups is 1. The van der Waals surface area contributed by atoms with Crippen molar-refractivity contribution >= 4 is 71.8 Å². The van der Waals surface area contributed by atoms with E-state index in [1.54, 1.807) is 0 Å². The highest BCUT2D eigenvalue weighted by molar-refractivity contribution is 9.11. The highest BCUT2D eigenvalue weighted by Crippen LogP contribution is 2.35. The first-order valence-corrected chi connectivity index (χ1v) is 9.15. The molecule has 0 bridgehead atoms. The van der Waals surface area contributed by atoms with Crippen molar-refractivity contribution in [3.63, 3.8) is 0 Å². The number of sulfonamides is 1. The number of thiophene rings is 1. The molecule has 0 fully saturated rings. The lowest BCUT2D eigenvalue weighted by Crippen LogP contribution is -2.17. The van der Waals surface area contributed by atoms with Gasteiger partial charge in [-0.1, -0.05) is 23.8 Å². The molecular weight excluding hydrogens is 423 g/mol. The maximum atomic E-state index is 13.2. The molecule has 0 aliphatic heterocycles. The Morgan fingerprint density at radius 1 is 1.43 bits per heavy atom. The molecule has 0 spiro atoms. The quantitative estimate of drug-likeness (QED) is 0.726. The van der Waals surface area contributed by atoms with Crippen molar-refractivity contribution in [2.75, 3.05) is 4.72 Å². The third kappa shape index (κ3) is 3.72. The van der Waals surface area contributed by atoms with Gasteiger partial charge >= 0.3 is 0 Å². The lowest BCUT2D eigenvalue weighted by Gasteiger charge is -2.10. The molecule has 21 heavy (non-hydrogen) atoms. The highest BCUT2D eigenvalue weighted by Gasteiger charge is 2.21. The molecule has 112 valence electrons. The number of anilines is 1. The normalized spacial score (nSPS) is 11.4. The number of nitrogens with two attached hydrogens (primary N) is 1. The predicted molar refractivity (Wildman–Crippen MR) is 90.1 cm³/mol. The minimum Gasteiger partial charge on any atom is -0.389 e. The summed E-state index contributed by atoms with van der Waals surface area (Å²) < 4.78 is 40.6. The van der Waals surface area contributed by atoms with Gasteiger partial charge in [-0.05, 0) is 40.2 Å². The van der Waals surface area contributed by atoms with Crippen LogP contribution >= 0.6 is 51.1 Å². The van der Waals surface area contributed by atoms with E-state index in [-0.39, 0.29) is 25.5 Å². The molecular formula is C11H7BrClFN2O2S3. The van der Waals surface area contributed by atoms with Crippen molar-refractivity contribution in [3.05, 3.63) is 44.5 Å². The molecule has 1 aromatic carbocycles. The molecule has 2 rings (SSSR count). The Balaban J connectivity index is 2.44. The van der Waals surface area contributed by atoms with E-state index < -0.39 is 15.8 Å². The highest BCUT2D eigenvalue weighted by atomic mass is 79.9. The summed E-state index contributed by atoms with van der Waals surface area (Å²) in [5, 5.41) is 0.286. The summed E-state index contributed by atoms with van der Waals surface area (Å²) in [6, 6.07) is 4.74. The average molecular weight is 430 g/mol. The number of hydrogen-bond acceptors (Lipinski definition) is 4. The summed E-state index contributed by atoms with van der Waals surface area (Å²) in [6.07, 6.45) is 0. The average Bonchev–Trinajstić information content (AvgIpc) is 2.72. The monoisotopic (exact) mass is 428 g/mol. The minimum atomic E-state index is -3.87. The van der Waals surface area contributed by atoms with Gasteiger partial charge in [0.1, 0.15) is 15.0 Å². The molecule has 1 heterocycles. The van der Waals surface area contributed by atoms with Crippen molar-refractivity contribution in [1.82, 2.24) is 0 Å². The van der Waals surface area contributed by atoms with E-state index in [1.165, 1.54) is 12.1 Å². The van der Waals surface area contributed by atoms with Gasteiger partial charge in [-0.2, -0.15) is 0 Å². The van der Waals surface area contributed by atoms with E-state index in [0.717, 1.165) is 23.5 Å². The molecule has 0 saturated carbocycles. The van der Waals surface area contributed by atoms with Crippen LogP contribution in [0.5, 0.6) is 0 Å². The molecule has 4 nitrogen and oxygen atoms in total. The molecule has 0 saturated heterocycles. The fraction of sp³-hybridized carbons (Fsp3) is 0. The van der Waals surface area contributed by atoms with Crippen LogP contribution in [0.25, 0.3) is 0 Å². The summed E-state index contributed by atoms with van der Waals surface area (Å²) in [6.45, 7) is 0. The van der Waals surface area contributed by atoms with Crippen LogP contribution in [-0.4, -0.2) is 13.4 Å². The first kappa shape index (κ1) is 16.6. The number of nitrogens with one attached hydrogen (secondary N) is 1. The summed E-state index contributed by atoms with van der Waals surface area (Å²) in [5.74, 6) is -0.567. The first-order chi connectivity index (χ1) is 9.70. The van der Waals surface area contributed by atoms with Crippen molar-refractivity contribution in [3.8, 4) is 0 Å². The molecule has 10 heteroatoms. The molecule has 0 amide bonds. The number of benzene rings is 1. The molecule has 3 N–H and O–H groups in total. The van der Waals surface area contributed by atoms with Gasteiger partial charge in [0, 0.05) is 5.56 Å². The fourth-order valence-electron chi connectivity index (χ4n) is 1.46. The zero-order chi connectivity index (χ0) is 15.8. The zero-order valence-corrected chi connectivity index (χ0v) is 14.9. The Bertz CT molecular complexity index is 803. The number of rotatable bonds is 4. The lowest BCUT2D eigenvalue weighted by atomic mass is 10.2. The Morgan fingerprint density at radius 2 is 2.10 bits per heavy atom. The maximum absolute atomic E-state index is 13.2. The summed E-state index contributed by atoms with van der Waals surface area (Å²) >= 11 is 14.7. The van der Waals surface area contributed by atoms with Crippen LogP contribution in [0, 0.1) is 5.82 Å². The second-order valence-corrected chi connectivity index (χ2v) is 8.97. The molecule has 0 atom stereocenters. The van der Waals surface area contributed by atoms with Gasteiger partial charge in [0.15, 0.2) is 0 Å². The van der Waals surface area contributed by atoms with Crippen LogP contribution < -0.4 is 10.5 Å². The second-order valence-electron chi connectivity index (χ2n) is 3.85. The van der Waals surface area contributed by atoms with Crippen molar-refractivity contribution in [1.29, 1.82) is 0 Å². The Hall–Kier alpha value is -0.740. The van der Waals surface area contributed by atoms with Crippen LogP contribution in [0.2, 0.25) is 5.02 Å². The third-order valence-corrected chi connectivity index (χ3v) is 6.91. The zero-order valence-electron chi connectivity index (χ0n) is 10.1. The Labute approximate surface area is 143 Å². The largest absolute Gasteiger partial charge is 0.389 e. The SMILES string of the molecule is NC(=S)c1cc(F)ccc1NS(=O)(=O)c1cc(Cl)c(Br)s1. The van der Waals surface area contributed by atoms with E-state index in [2.05, 4.69) is 20.7 Å². The molecule has 0 aliphatic rings. The Kier molecular flexibility index (Phi) is 4.89. The number of halogens is 3. The van der Waals surface area contributed by atoms with E-state index in [4.69, 9.17) is 29.6 Å². The van der Waals surface area contributed by atoms with E-state index in [0.29, 0.717) is 3.79 Å². The first-order valence-electron chi connectivity index (χ1n) is 5.27. The van der Waals surface area contributed by atoms with E-state index >= 15 is 0 Å². The number of hydrogen-bond donors (Lipinski definition) is 2.